The number of benzene rings is 1. The molecular weight excluding hydrogens is 304 g/mol. The highest BCUT2D eigenvalue weighted by molar-refractivity contribution is 5.68. The van der Waals surface area contributed by atoms with Crippen LogP contribution in [0.1, 0.15) is 44.4 Å². The Kier molecular flexibility index (Phi) is 4.83. The number of rotatable bonds is 1. The Morgan fingerprint density at radius 3 is 2.50 bits per heavy atom. The second kappa shape index (κ2) is 6.73. The molecule has 0 radical (unpaired) electrons. The molecule has 1 saturated heterocycles. The van der Waals surface area contributed by atoms with Gasteiger partial charge in [0.25, 0.3) is 0 Å². The molecule has 1 fully saturated rings. The van der Waals surface area contributed by atoms with Crippen LogP contribution in [0.4, 0.5) is 4.79 Å². The Morgan fingerprint density at radius 1 is 1.17 bits per heavy atom. The molecule has 3 rings (SSSR count). The third-order valence-electron chi connectivity index (χ3n) is 4.81. The molecule has 132 valence electrons. The van der Waals surface area contributed by atoms with Gasteiger partial charge in [0, 0.05) is 26.2 Å². The maximum absolute atomic E-state index is 12.2. The number of hydrogen-bond acceptors (Lipinski definition) is 4. The molecule has 0 bridgehead atoms. The summed E-state index contributed by atoms with van der Waals surface area (Å²) in [6, 6.07) is 8.43. The van der Waals surface area contributed by atoms with Crippen molar-refractivity contribution >= 4 is 6.09 Å². The van der Waals surface area contributed by atoms with Crippen molar-refractivity contribution < 1.29 is 14.6 Å². The SMILES string of the molecule is CC(C)(C)OC(=O)N1CCN([C@@H]2c3ccccc3CC[C@H]2O)CC1. The van der Waals surface area contributed by atoms with Gasteiger partial charge in [0.1, 0.15) is 5.60 Å². The van der Waals surface area contributed by atoms with Crippen LogP contribution in [0.5, 0.6) is 0 Å². The third-order valence-corrected chi connectivity index (χ3v) is 4.81. The normalized spacial score (nSPS) is 25.2. The van der Waals surface area contributed by atoms with E-state index in [9.17, 15) is 9.90 Å². The van der Waals surface area contributed by atoms with Gasteiger partial charge >= 0.3 is 6.09 Å². The molecule has 1 aliphatic carbocycles. The van der Waals surface area contributed by atoms with Gasteiger partial charge in [0.2, 0.25) is 0 Å². The van der Waals surface area contributed by atoms with E-state index >= 15 is 0 Å². The van der Waals surface area contributed by atoms with Gasteiger partial charge in [-0.1, -0.05) is 24.3 Å². The molecule has 1 amide bonds. The molecule has 1 heterocycles. The summed E-state index contributed by atoms with van der Waals surface area (Å²) in [5, 5.41) is 10.5. The fourth-order valence-corrected chi connectivity index (χ4v) is 3.67. The lowest BCUT2D eigenvalue weighted by atomic mass is 9.84. The van der Waals surface area contributed by atoms with Crippen molar-refractivity contribution in [2.75, 3.05) is 26.2 Å². The summed E-state index contributed by atoms with van der Waals surface area (Å²) in [6.07, 6.45) is 1.15. The highest BCUT2D eigenvalue weighted by Crippen LogP contribution is 2.35. The minimum absolute atomic E-state index is 0.0377. The monoisotopic (exact) mass is 332 g/mol. The minimum atomic E-state index is -0.466. The van der Waals surface area contributed by atoms with Crippen LogP contribution in [0.15, 0.2) is 24.3 Å². The van der Waals surface area contributed by atoms with Gasteiger partial charge in [0.15, 0.2) is 0 Å². The molecule has 2 atom stereocenters. The van der Waals surface area contributed by atoms with Crippen molar-refractivity contribution in [3.05, 3.63) is 35.4 Å². The molecular formula is C19H28N2O3. The Morgan fingerprint density at radius 2 is 1.83 bits per heavy atom. The molecule has 1 aliphatic heterocycles. The summed E-state index contributed by atoms with van der Waals surface area (Å²) in [4.78, 5) is 16.3. The molecule has 1 aromatic carbocycles. The zero-order chi connectivity index (χ0) is 17.3. The number of nitrogens with zero attached hydrogens (tertiary/aromatic N) is 2. The minimum Gasteiger partial charge on any atom is -0.444 e. The van der Waals surface area contributed by atoms with Crippen LogP contribution in [0, 0.1) is 0 Å². The smallest absolute Gasteiger partial charge is 0.410 e. The fourth-order valence-electron chi connectivity index (χ4n) is 3.67. The van der Waals surface area contributed by atoms with E-state index in [0.29, 0.717) is 13.1 Å². The van der Waals surface area contributed by atoms with E-state index in [2.05, 4.69) is 23.1 Å². The highest BCUT2D eigenvalue weighted by atomic mass is 16.6. The zero-order valence-electron chi connectivity index (χ0n) is 14.9. The van der Waals surface area contributed by atoms with Gasteiger partial charge in [-0.25, -0.2) is 4.79 Å². The van der Waals surface area contributed by atoms with Gasteiger partial charge in [-0.05, 0) is 44.7 Å². The number of carbonyl (C=O) groups is 1. The van der Waals surface area contributed by atoms with Gasteiger partial charge < -0.3 is 14.7 Å². The second-order valence-corrected chi connectivity index (χ2v) is 7.75. The number of aliphatic hydroxyl groups excluding tert-OH is 1. The molecule has 5 nitrogen and oxygen atoms in total. The Labute approximate surface area is 144 Å². The fraction of sp³-hybridized carbons (Fsp3) is 0.632. The van der Waals surface area contributed by atoms with E-state index in [1.807, 2.05) is 26.8 Å². The predicted molar refractivity (Wildman–Crippen MR) is 92.9 cm³/mol. The quantitative estimate of drug-likeness (QED) is 0.859. The standard InChI is InChI=1S/C19H28N2O3/c1-19(2,3)24-18(23)21-12-10-20(11-13-21)17-15-7-5-4-6-14(15)8-9-16(17)22/h4-7,16-17,22H,8-13H2,1-3H3/t16-,17-/m1/s1. The molecule has 0 saturated carbocycles. The lowest BCUT2D eigenvalue weighted by Crippen LogP contribution is -2.53. The molecule has 0 aromatic heterocycles. The van der Waals surface area contributed by atoms with Crippen LogP contribution in [0.25, 0.3) is 0 Å². The van der Waals surface area contributed by atoms with Gasteiger partial charge in [-0.15, -0.1) is 0 Å². The topological polar surface area (TPSA) is 53.0 Å². The number of fused-ring (bicyclic) bond motifs is 1. The average molecular weight is 332 g/mol. The van der Waals surface area contributed by atoms with Gasteiger partial charge in [-0.2, -0.15) is 0 Å². The first-order valence-electron chi connectivity index (χ1n) is 8.83. The van der Waals surface area contributed by atoms with E-state index in [-0.39, 0.29) is 18.2 Å². The second-order valence-electron chi connectivity index (χ2n) is 7.75. The van der Waals surface area contributed by atoms with E-state index in [4.69, 9.17) is 4.74 Å². The summed E-state index contributed by atoms with van der Waals surface area (Å²) < 4.78 is 5.45. The largest absolute Gasteiger partial charge is 0.444 e. The van der Waals surface area contributed by atoms with Crippen LogP contribution < -0.4 is 0 Å². The van der Waals surface area contributed by atoms with Crippen LogP contribution in [0.2, 0.25) is 0 Å². The number of aliphatic hydroxyl groups is 1. The maximum atomic E-state index is 12.2. The molecule has 2 aliphatic rings. The van der Waals surface area contributed by atoms with Gasteiger partial charge in [0.05, 0.1) is 12.1 Å². The lowest BCUT2D eigenvalue weighted by Gasteiger charge is -2.43. The van der Waals surface area contributed by atoms with Crippen molar-refractivity contribution in [1.82, 2.24) is 9.80 Å². The maximum Gasteiger partial charge on any atom is 0.410 e. The Bertz CT molecular complexity index is 589. The van der Waals surface area contributed by atoms with Crippen LogP contribution in [-0.2, 0) is 11.2 Å². The number of piperazine rings is 1. The molecule has 1 N–H and O–H groups in total. The number of hydrogen-bond donors (Lipinski definition) is 1. The first-order chi connectivity index (χ1) is 11.3. The molecule has 24 heavy (non-hydrogen) atoms. The van der Waals surface area contributed by atoms with Gasteiger partial charge in [-0.3, -0.25) is 4.90 Å². The van der Waals surface area contributed by atoms with Crippen molar-refractivity contribution in [1.29, 1.82) is 0 Å². The van der Waals surface area contributed by atoms with E-state index in [1.54, 1.807) is 4.90 Å². The van der Waals surface area contributed by atoms with E-state index in [0.717, 1.165) is 25.9 Å². The van der Waals surface area contributed by atoms with Crippen molar-refractivity contribution in [3.8, 4) is 0 Å². The summed E-state index contributed by atoms with van der Waals surface area (Å²) in [5.41, 5.74) is 2.11. The predicted octanol–water partition coefficient (Wildman–Crippen LogP) is 2.59. The molecule has 5 heteroatoms. The Hall–Kier alpha value is -1.59. The first kappa shape index (κ1) is 17.2. The lowest BCUT2D eigenvalue weighted by molar-refractivity contribution is -0.00967. The number of amides is 1. The van der Waals surface area contributed by atoms with E-state index in [1.165, 1.54) is 11.1 Å². The molecule has 0 unspecified atom stereocenters. The van der Waals surface area contributed by atoms with Crippen molar-refractivity contribution in [2.24, 2.45) is 0 Å². The molecule has 0 spiro atoms. The van der Waals surface area contributed by atoms with Crippen LogP contribution in [-0.4, -0.2) is 58.9 Å². The zero-order valence-corrected chi connectivity index (χ0v) is 14.9. The summed E-state index contributed by atoms with van der Waals surface area (Å²) in [7, 11) is 0. The first-order valence-corrected chi connectivity index (χ1v) is 8.83. The number of carbonyl (C=O) groups excluding carboxylic acids is 1. The van der Waals surface area contributed by atoms with Crippen molar-refractivity contribution in [3.63, 3.8) is 0 Å². The molecule has 1 aromatic rings. The number of ether oxygens (including phenoxy) is 1. The van der Waals surface area contributed by atoms with E-state index < -0.39 is 5.60 Å². The average Bonchev–Trinajstić information content (AvgIpc) is 2.53. The summed E-state index contributed by atoms with van der Waals surface area (Å²) >= 11 is 0. The van der Waals surface area contributed by atoms with Crippen molar-refractivity contribution in [2.45, 2.75) is 51.4 Å². The summed E-state index contributed by atoms with van der Waals surface area (Å²) in [6.45, 7) is 8.45. The summed E-state index contributed by atoms with van der Waals surface area (Å²) in [5.74, 6) is 0. The van der Waals surface area contributed by atoms with Crippen LogP contribution >= 0.6 is 0 Å². The third kappa shape index (κ3) is 3.73. The van der Waals surface area contributed by atoms with Crippen LogP contribution in [0.3, 0.4) is 0 Å². The Balaban J connectivity index is 1.66. The highest BCUT2D eigenvalue weighted by Gasteiger charge is 2.35. The number of aryl methyl sites for hydroxylation is 1.